The SMILES string of the molecule is Cc1ccc(C)c(N(CCCC(=O)N(Cc2ccc(Br)cc2)[C@H](C)C(=O)NC2CCCCC2)S(C)(=O)=O)c1. The molecule has 38 heavy (non-hydrogen) atoms. The first kappa shape index (κ1) is 30.2. The zero-order valence-corrected chi connectivity index (χ0v) is 25.3. The van der Waals surface area contributed by atoms with Gasteiger partial charge >= 0.3 is 0 Å². The Balaban J connectivity index is 1.73. The minimum Gasteiger partial charge on any atom is -0.352 e. The van der Waals surface area contributed by atoms with E-state index in [1.807, 2.05) is 56.3 Å². The first-order valence-electron chi connectivity index (χ1n) is 13.3. The summed E-state index contributed by atoms with van der Waals surface area (Å²) in [5.74, 6) is -0.316. The highest BCUT2D eigenvalue weighted by Crippen LogP contribution is 2.25. The van der Waals surface area contributed by atoms with Crippen molar-refractivity contribution >= 4 is 43.5 Å². The van der Waals surface area contributed by atoms with Gasteiger partial charge in [0, 0.05) is 30.0 Å². The number of hydrogen-bond acceptors (Lipinski definition) is 4. The summed E-state index contributed by atoms with van der Waals surface area (Å²) in [5.41, 5.74) is 3.38. The topological polar surface area (TPSA) is 86.8 Å². The first-order valence-corrected chi connectivity index (χ1v) is 16.0. The van der Waals surface area contributed by atoms with Crippen LogP contribution in [0.5, 0.6) is 0 Å². The third kappa shape index (κ3) is 8.56. The Hall–Kier alpha value is -2.39. The van der Waals surface area contributed by atoms with Gasteiger partial charge in [0.05, 0.1) is 11.9 Å². The Labute approximate surface area is 236 Å². The molecule has 7 nitrogen and oxygen atoms in total. The van der Waals surface area contributed by atoms with E-state index < -0.39 is 16.1 Å². The van der Waals surface area contributed by atoms with Gasteiger partial charge in [0.1, 0.15) is 6.04 Å². The third-order valence-corrected chi connectivity index (χ3v) is 8.88. The largest absolute Gasteiger partial charge is 0.352 e. The maximum atomic E-state index is 13.5. The normalized spacial score (nSPS) is 15.1. The zero-order valence-electron chi connectivity index (χ0n) is 22.9. The van der Waals surface area contributed by atoms with Gasteiger partial charge in [-0.1, -0.05) is 59.5 Å². The minimum absolute atomic E-state index is 0.133. The average Bonchev–Trinajstić information content (AvgIpc) is 2.87. The molecule has 2 aromatic rings. The molecule has 1 atom stereocenters. The molecule has 0 heterocycles. The van der Waals surface area contributed by atoms with E-state index in [0.717, 1.165) is 46.8 Å². The standard InChI is InChI=1S/C29H40BrN3O4S/c1-21-12-13-22(2)27(19-21)33(38(4,36)37)18-8-11-28(34)32(20-24-14-16-25(30)17-15-24)23(3)29(35)31-26-9-6-5-7-10-26/h12-17,19,23,26H,5-11,18,20H2,1-4H3,(H,31,35)/t23-/m1/s1. The molecule has 1 aliphatic carbocycles. The molecule has 2 amide bonds. The molecule has 0 bridgehead atoms. The number of halogens is 1. The minimum atomic E-state index is -3.53. The van der Waals surface area contributed by atoms with Crippen molar-refractivity contribution in [3.05, 3.63) is 63.6 Å². The van der Waals surface area contributed by atoms with E-state index in [-0.39, 0.29) is 30.8 Å². The fraction of sp³-hybridized carbons (Fsp3) is 0.517. The van der Waals surface area contributed by atoms with E-state index in [4.69, 9.17) is 0 Å². The van der Waals surface area contributed by atoms with Crippen LogP contribution in [0.3, 0.4) is 0 Å². The lowest BCUT2D eigenvalue weighted by Gasteiger charge is -2.31. The Morgan fingerprint density at radius 1 is 1.05 bits per heavy atom. The Bertz CT molecular complexity index is 1210. The van der Waals surface area contributed by atoms with Crippen LogP contribution in [0.4, 0.5) is 5.69 Å². The van der Waals surface area contributed by atoms with E-state index in [9.17, 15) is 18.0 Å². The van der Waals surface area contributed by atoms with Crippen LogP contribution < -0.4 is 9.62 Å². The molecule has 208 valence electrons. The van der Waals surface area contributed by atoms with Gasteiger partial charge in [0.15, 0.2) is 0 Å². The number of rotatable bonds is 11. The molecular formula is C29H40BrN3O4S. The van der Waals surface area contributed by atoms with Crippen LogP contribution in [-0.4, -0.2) is 50.0 Å². The second kappa shape index (κ2) is 13.6. The summed E-state index contributed by atoms with van der Waals surface area (Å²) in [6.07, 6.45) is 7.02. The molecular weight excluding hydrogens is 566 g/mol. The molecule has 0 aliphatic heterocycles. The molecule has 1 aliphatic rings. The van der Waals surface area contributed by atoms with Gasteiger partial charge in [-0.2, -0.15) is 0 Å². The van der Waals surface area contributed by atoms with Gasteiger partial charge in [0.25, 0.3) is 0 Å². The van der Waals surface area contributed by atoms with Crippen LogP contribution in [-0.2, 0) is 26.2 Å². The van der Waals surface area contributed by atoms with Gasteiger partial charge in [-0.05, 0) is 74.9 Å². The maximum absolute atomic E-state index is 13.5. The molecule has 3 rings (SSSR count). The number of nitrogens with one attached hydrogen (secondary N) is 1. The van der Waals surface area contributed by atoms with Crippen molar-refractivity contribution in [1.29, 1.82) is 0 Å². The quantitative estimate of drug-likeness (QED) is 0.367. The number of hydrogen-bond donors (Lipinski definition) is 1. The number of carbonyl (C=O) groups is 2. The second-order valence-corrected chi connectivity index (χ2v) is 13.2. The number of carbonyl (C=O) groups excluding carboxylic acids is 2. The predicted octanol–water partition coefficient (Wildman–Crippen LogP) is 5.48. The summed E-state index contributed by atoms with van der Waals surface area (Å²) < 4.78 is 27.6. The van der Waals surface area contributed by atoms with E-state index in [1.54, 1.807) is 11.8 Å². The number of sulfonamides is 1. The van der Waals surface area contributed by atoms with Crippen molar-refractivity contribution in [1.82, 2.24) is 10.2 Å². The van der Waals surface area contributed by atoms with E-state index in [0.29, 0.717) is 18.7 Å². The zero-order chi connectivity index (χ0) is 27.9. The number of anilines is 1. The summed E-state index contributed by atoms with van der Waals surface area (Å²) in [4.78, 5) is 28.3. The fourth-order valence-electron chi connectivity index (χ4n) is 4.91. The van der Waals surface area contributed by atoms with Crippen LogP contribution >= 0.6 is 15.9 Å². The third-order valence-electron chi connectivity index (χ3n) is 7.17. The van der Waals surface area contributed by atoms with Crippen LogP contribution in [0.1, 0.15) is 68.6 Å². The van der Waals surface area contributed by atoms with Crippen molar-refractivity contribution in [3.63, 3.8) is 0 Å². The molecule has 0 unspecified atom stereocenters. The molecule has 2 aromatic carbocycles. The molecule has 0 radical (unpaired) electrons. The summed E-state index contributed by atoms with van der Waals surface area (Å²) in [6.45, 7) is 6.06. The second-order valence-electron chi connectivity index (χ2n) is 10.4. The van der Waals surface area contributed by atoms with Crippen LogP contribution in [0, 0.1) is 13.8 Å². The molecule has 0 spiro atoms. The van der Waals surface area contributed by atoms with Gasteiger partial charge in [-0.25, -0.2) is 8.42 Å². The lowest BCUT2D eigenvalue weighted by molar-refractivity contribution is -0.141. The molecule has 1 N–H and O–H groups in total. The summed E-state index contributed by atoms with van der Waals surface area (Å²) in [5, 5.41) is 3.15. The number of aryl methyl sites for hydroxylation is 2. The monoisotopic (exact) mass is 605 g/mol. The van der Waals surface area contributed by atoms with Crippen LogP contribution in [0.2, 0.25) is 0 Å². The van der Waals surface area contributed by atoms with Gasteiger partial charge in [-0.15, -0.1) is 0 Å². The maximum Gasteiger partial charge on any atom is 0.242 e. The van der Waals surface area contributed by atoms with Crippen LogP contribution in [0.25, 0.3) is 0 Å². The number of benzene rings is 2. The van der Waals surface area contributed by atoms with Gasteiger partial charge < -0.3 is 10.2 Å². The number of amides is 2. The lowest BCUT2D eigenvalue weighted by atomic mass is 9.95. The highest BCUT2D eigenvalue weighted by atomic mass is 79.9. The van der Waals surface area contributed by atoms with E-state index >= 15 is 0 Å². The van der Waals surface area contributed by atoms with Crippen molar-refractivity contribution in [2.75, 3.05) is 17.1 Å². The average molecular weight is 607 g/mol. The summed E-state index contributed by atoms with van der Waals surface area (Å²) in [6, 6.07) is 12.9. The highest BCUT2D eigenvalue weighted by molar-refractivity contribution is 9.10. The first-order chi connectivity index (χ1) is 18.0. The number of nitrogens with zero attached hydrogens (tertiary/aromatic N) is 2. The summed E-state index contributed by atoms with van der Waals surface area (Å²) in [7, 11) is -3.53. The molecule has 1 saturated carbocycles. The Morgan fingerprint density at radius 3 is 2.34 bits per heavy atom. The highest BCUT2D eigenvalue weighted by Gasteiger charge is 2.28. The smallest absolute Gasteiger partial charge is 0.242 e. The fourth-order valence-corrected chi connectivity index (χ4v) is 6.19. The Kier molecular flexibility index (Phi) is 10.8. The summed E-state index contributed by atoms with van der Waals surface area (Å²) >= 11 is 3.44. The molecule has 1 fully saturated rings. The van der Waals surface area contributed by atoms with Gasteiger partial charge in [-0.3, -0.25) is 13.9 Å². The van der Waals surface area contributed by atoms with Crippen molar-refractivity contribution < 1.29 is 18.0 Å². The van der Waals surface area contributed by atoms with Gasteiger partial charge in [0.2, 0.25) is 21.8 Å². The van der Waals surface area contributed by atoms with Crippen molar-refractivity contribution in [2.24, 2.45) is 0 Å². The van der Waals surface area contributed by atoms with Crippen LogP contribution in [0.15, 0.2) is 46.9 Å². The molecule has 0 aromatic heterocycles. The molecule has 0 saturated heterocycles. The Morgan fingerprint density at radius 2 is 1.71 bits per heavy atom. The van der Waals surface area contributed by atoms with E-state index in [2.05, 4.69) is 21.2 Å². The predicted molar refractivity (Wildman–Crippen MR) is 157 cm³/mol. The lowest BCUT2D eigenvalue weighted by Crippen LogP contribution is -2.50. The molecule has 9 heteroatoms. The van der Waals surface area contributed by atoms with Crippen molar-refractivity contribution in [3.8, 4) is 0 Å². The van der Waals surface area contributed by atoms with E-state index in [1.165, 1.54) is 17.0 Å². The van der Waals surface area contributed by atoms with Crippen molar-refractivity contribution in [2.45, 2.75) is 84.3 Å².